The largest absolute Gasteiger partial charge is 0.345 e. The number of carbonyl (C=O) groups excluding carboxylic acids is 1. The first-order valence-corrected chi connectivity index (χ1v) is 8.85. The maximum absolute atomic E-state index is 12.8. The first-order chi connectivity index (χ1) is 11.6. The number of hydrogen-bond donors (Lipinski definition) is 2. The van der Waals surface area contributed by atoms with E-state index in [1.165, 1.54) is 0 Å². The fourth-order valence-corrected chi connectivity index (χ4v) is 3.42. The van der Waals surface area contributed by atoms with Gasteiger partial charge in [-0.2, -0.15) is 0 Å². The predicted molar refractivity (Wildman–Crippen MR) is 98.1 cm³/mol. The summed E-state index contributed by atoms with van der Waals surface area (Å²) in [4.78, 5) is 12.8. The summed E-state index contributed by atoms with van der Waals surface area (Å²) in [6.07, 6.45) is 1.77. The Morgan fingerprint density at radius 2 is 1.79 bits per heavy atom. The normalized spacial score (nSPS) is 21.9. The Labute approximate surface area is 148 Å². The van der Waals surface area contributed by atoms with E-state index in [0.717, 1.165) is 30.5 Å². The average molecular weight is 343 g/mol. The van der Waals surface area contributed by atoms with Crippen LogP contribution in [-0.4, -0.2) is 18.5 Å². The van der Waals surface area contributed by atoms with Gasteiger partial charge in [0.1, 0.15) is 0 Å². The third-order valence-corrected chi connectivity index (χ3v) is 4.87. The van der Waals surface area contributed by atoms with Crippen LogP contribution in [0.25, 0.3) is 0 Å². The molecule has 0 bridgehead atoms. The summed E-state index contributed by atoms with van der Waals surface area (Å²) in [7, 11) is 0. The summed E-state index contributed by atoms with van der Waals surface area (Å²) in [6, 6.07) is 18.0. The van der Waals surface area contributed by atoms with Crippen LogP contribution >= 0.6 is 11.6 Å². The Bertz CT molecular complexity index is 672. The molecule has 2 aromatic rings. The van der Waals surface area contributed by atoms with Crippen molar-refractivity contribution in [1.29, 1.82) is 0 Å². The lowest BCUT2D eigenvalue weighted by Crippen LogP contribution is -2.43. The third kappa shape index (κ3) is 4.16. The van der Waals surface area contributed by atoms with Crippen molar-refractivity contribution >= 4 is 17.5 Å². The van der Waals surface area contributed by atoms with Gasteiger partial charge in [0, 0.05) is 17.0 Å². The van der Waals surface area contributed by atoms with E-state index in [0.29, 0.717) is 11.1 Å². The first-order valence-electron chi connectivity index (χ1n) is 8.47. The van der Waals surface area contributed by atoms with Gasteiger partial charge in [0.15, 0.2) is 0 Å². The number of benzene rings is 2. The van der Waals surface area contributed by atoms with Crippen LogP contribution in [0.1, 0.15) is 36.9 Å². The molecule has 126 valence electrons. The van der Waals surface area contributed by atoms with E-state index in [2.05, 4.69) is 17.6 Å². The topological polar surface area (TPSA) is 41.1 Å². The molecule has 4 heteroatoms. The quantitative estimate of drug-likeness (QED) is 0.883. The predicted octanol–water partition coefficient (Wildman–Crippen LogP) is 3.93. The standard InChI is InChI=1S/C20H23ClN2O/c1-14-13-17(11-12-22-14)20(24)23-19(15-5-3-2-4-6-15)16-7-9-18(21)10-8-16/h2-10,14,17,19,22H,11-13H2,1H3,(H,23,24)/t14-,17-,19?/m0/s1. The second-order valence-electron chi connectivity index (χ2n) is 6.48. The van der Waals surface area contributed by atoms with Crippen LogP contribution in [0.4, 0.5) is 0 Å². The summed E-state index contributed by atoms with van der Waals surface area (Å²) in [5.74, 6) is 0.201. The van der Waals surface area contributed by atoms with Gasteiger partial charge >= 0.3 is 0 Å². The zero-order chi connectivity index (χ0) is 16.9. The SMILES string of the molecule is C[C@H]1C[C@@H](C(=O)NC(c2ccccc2)c2ccc(Cl)cc2)CCN1. The van der Waals surface area contributed by atoms with E-state index in [4.69, 9.17) is 11.6 Å². The van der Waals surface area contributed by atoms with Crippen LogP contribution in [0, 0.1) is 5.92 Å². The molecular weight excluding hydrogens is 320 g/mol. The molecule has 1 heterocycles. The molecule has 1 aliphatic rings. The zero-order valence-electron chi connectivity index (χ0n) is 13.8. The second kappa shape index (κ2) is 7.82. The molecule has 1 aliphatic heterocycles. The highest BCUT2D eigenvalue weighted by atomic mass is 35.5. The molecule has 3 nitrogen and oxygen atoms in total. The second-order valence-corrected chi connectivity index (χ2v) is 6.92. The Morgan fingerprint density at radius 1 is 1.12 bits per heavy atom. The molecular formula is C20H23ClN2O. The van der Waals surface area contributed by atoms with Gasteiger partial charge in [0.2, 0.25) is 5.91 Å². The molecule has 3 atom stereocenters. The summed E-state index contributed by atoms with van der Waals surface area (Å²) in [6.45, 7) is 3.03. The molecule has 1 unspecified atom stereocenters. The minimum atomic E-state index is -0.152. The molecule has 2 aromatic carbocycles. The Hall–Kier alpha value is -1.84. The smallest absolute Gasteiger partial charge is 0.223 e. The summed E-state index contributed by atoms with van der Waals surface area (Å²) >= 11 is 6.01. The van der Waals surface area contributed by atoms with Crippen molar-refractivity contribution < 1.29 is 4.79 Å². The van der Waals surface area contributed by atoms with Gasteiger partial charge in [-0.15, -0.1) is 0 Å². The number of carbonyl (C=O) groups is 1. The Kier molecular flexibility index (Phi) is 5.54. The Morgan fingerprint density at radius 3 is 2.46 bits per heavy atom. The minimum absolute atomic E-state index is 0.0692. The van der Waals surface area contributed by atoms with E-state index < -0.39 is 0 Å². The van der Waals surface area contributed by atoms with Crippen molar-refractivity contribution in [3.8, 4) is 0 Å². The summed E-state index contributed by atoms with van der Waals surface area (Å²) in [5.41, 5.74) is 2.12. The highest BCUT2D eigenvalue weighted by Gasteiger charge is 2.27. The number of piperidine rings is 1. The van der Waals surface area contributed by atoms with E-state index in [-0.39, 0.29) is 17.9 Å². The lowest BCUT2D eigenvalue weighted by Gasteiger charge is -2.29. The van der Waals surface area contributed by atoms with Crippen LogP contribution in [0.2, 0.25) is 5.02 Å². The van der Waals surface area contributed by atoms with Crippen LogP contribution in [-0.2, 0) is 4.79 Å². The molecule has 0 radical (unpaired) electrons. The van der Waals surface area contributed by atoms with Crippen LogP contribution in [0.15, 0.2) is 54.6 Å². The van der Waals surface area contributed by atoms with E-state index in [1.807, 2.05) is 54.6 Å². The van der Waals surface area contributed by atoms with Crippen molar-refractivity contribution in [2.24, 2.45) is 5.92 Å². The first kappa shape index (κ1) is 17.0. The molecule has 1 amide bonds. The molecule has 1 fully saturated rings. The molecule has 1 saturated heterocycles. The lowest BCUT2D eigenvalue weighted by molar-refractivity contribution is -0.126. The van der Waals surface area contributed by atoms with Gasteiger partial charge < -0.3 is 10.6 Å². The van der Waals surface area contributed by atoms with Gasteiger partial charge in [-0.3, -0.25) is 4.79 Å². The van der Waals surface area contributed by atoms with Crippen molar-refractivity contribution in [3.63, 3.8) is 0 Å². The lowest BCUT2D eigenvalue weighted by atomic mass is 9.91. The molecule has 3 rings (SSSR count). The van der Waals surface area contributed by atoms with Gasteiger partial charge in [-0.25, -0.2) is 0 Å². The van der Waals surface area contributed by atoms with Crippen molar-refractivity contribution in [1.82, 2.24) is 10.6 Å². The third-order valence-electron chi connectivity index (χ3n) is 4.62. The molecule has 0 saturated carbocycles. The maximum atomic E-state index is 12.8. The highest BCUT2D eigenvalue weighted by molar-refractivity contribution is 6.30. The average Bonchev–Trinajstić information content (AvgIpc) is 2.61. The number of hydrogen-bond acceptors (Lipinski definition) is 2. The summed E-state index contributed by atoms with van der Waals surface area (Å²) < 4.78 is 0. The van der Waals surface area contributed by atoms with Crippen molar-refractivity contribution in [3.05, 3.63) is 70.7 Å². The van der Waals surface area contributed by atoms with E-state index in [1.54, 1.807) is 0 Å². The maximum Gasteiger partial charge on any atom is 0.223 e. The van der Waals surface area contributed by atoms with Crippen LogP contribution in [0.5, 0.6) is 0 Å². The summed E-state index contributed by atoms with van der Waals surface area (Å²) in [5, 5.41) is 7.34. The monoisotopic (exact) mass is 342 g/mol. The minimum Gasteiger partial charge on any atom is -0.345 e. The van der Waals surface area contributed by atoms with Crippen LogP contribution in [0.3, 0.4) is 0 Å². The molecule has 2 N–H and O–H groups in total. The van der Waals surface area contributed by atoms with Gasteiger partial charge in [0.05, 0.1) is 6.04 Å². The van der Waals surface area contributed by atoms with Crippen molar-refractivity contribution in [2.75, 3.05) is 6.54 Å². The van der Waals surface area contributed by atoms with Crippen molar-refractivity contribution in [2.45, 2.75) is 31.8 Å². The number of rotatable bonds is 4. The number of nitrogens with one attached hydrogen (secondary N) is 2. The zero-order valence-corrected chi connectivity index (χ0v) is 14.6. The Balaban J connectivity index is 1.82. The number of amides is 1. The molecule has 0 aliphatic carbocycles. The van der Waals surface area contributed by atoms with Gasteiger partial charge in [0.25, 0.3) is 0 Å². The fraction of sp³-hybridized carbons (Fsp3) is 0.350. The van der Waals surface area contributed by atoms with Gasteiger partial charge in [-0.1, -0.05) is 54.1 Å². The molecule has 24 heavy (non-hydrogen) atoms. The molecule has 0 spiro atoms. The van der Waals surface area contributed by atoms with E-state index >= 15 is 0 Å². The number of halogens is 1. The van der Waals surface area contributed by atoms with Crippen LogP contribution < -0.4 is 10.6 Å². The fourth-order valence-electron chi connectivity index (χ4n) is 3.29. The van der Waals surface area contributed by atoms with E-state index in [9.17, 15) is 4.79 Å². The highest BCUT2D eigenvalue weighted by Crippen LogP contribution is 2.25. The van der Waals surface area contributed by atoms with Gasteiger partial charge in [-0.05, 0) is 49.6 Å². The molecule has 0 aromatic heterocycles.